The van der Waals surface area contributed by atoms with E-state index in [4.69, 9.17) is 9.31 Å². The second kappa shape index (κ2) is 9.80. The minimum atomic E-state index is -0.410. The van der Waals surface area contributed by atoms with E-state index in [2.05, 4.69) is 159 Å². The van der Waals surface area contributed by atoms with Crippen molar-refractivity contribution in [1.82, 2.24) is 4.57 Å². The van der Waals surface area contributed by atoms with Gasteiger partial charge in [0.1, 0.15) is 0 Å². The molecule has 1 aliphatic rings. The molecule has 0 radical (unpaired) electrons. The standard InChI is InChI=1S/C41H32BNO2/c1-26-41(2,3)45-42(44-26)37-18-11-17-33-30-14-7-8-15-31(30)35-24-27(20-22-34(35)40(33)37)28-21-23-39-36(25-28)32-16-9-10-19-38(32)43(39)29-12-5-4-6-13-29/h4-26H,1-3H3. The molecule has 0 saturated carbocycles. The largest absolute Gasteiger partial charge is 0.495 e. The summed E-state index contributed by atoms with van der Waals surface area (Å²) in [6.45, 7) is 6.31. The lowest BCUT2D eigenvalue weighted by Gasteiger charge is -2.21. The first-order valence-electron chi connectivity index (χ1n) is 15.8. The maximum Gasteiger partial charge on any atom is 0.495 e. The van der Waals surface area contributed by atoms with Crippen LogP contribution in [0.15, 0.2) is 133 Å². The number of hydrogen-bond donors (Lipinski definition) is 0. The summed E-state index contributed by atoms with van der Waals surface area (Å²) in [4.78, 5) is 0. The average Bonchev–Trinajstić information content (AvgIpc) is 3.56. The van der Waals surface area contributed by atoms with Gasteiger partial charge in [0, 0.05) is 16.5 Å². The first-order valence-corrected chi connectivity index (χ1v) is 15.8. The van der Waals surface area contributed by atoms with Crippen molar-refractivity contribution in [3.05, 3.63) is 133 Å². The Kier molecular flexibility index (Phi) is 5.77. The molecule has 2 heterocycles. The SMILES string of the molecule is CC1OB(c2cccc3c4ccccc4c4cc(-c5ccc6c(c5)c5ccccc5n6-c5ccccc5)ccc4c23)OC1(C)C. The maximum absolute atomic E-state index is 6.49. The second-order valence-corrected chi connectivity index (χ2v) is 12.8. The fraction of sp³-hybridized carbons (Fsp3) is 0.122. The van der Waals surface area contributed by atoms with Gasteiger partial charge in [-0.05, 0) is 106 Å². The third-order valence-corrected chi connectivity index (χ3v) is 9.88. The summed E-state index contributed by atoms with van der Waals surface area (Å²) in [5.74, 6) is 0. The highest BCUT2D eigenvalue weighted by atomic mass is 16.7. The number of hydrogen-bond acceptors (Lipinski definition) is 2. The van der Waals surface area contributed by atoms with Crippen molar-refractivity contribution in [2.75, 3.05) is 0 Å². The number of aromatic nitrogens is 1. The van der Waals surface area contributed by atoms with Gasteiger partial charge in [0.25, 0.3) is 0 Å². The first-order chi connectivity index (χ1) is 22.0. The van der Waals surface area contributed by atoms with Gasteiger partial charge < -0.3 is 13.9 Å². The molecule has 7 aromatic carbocycles. The lowest BCUT2D eigenvalue weighted by atomic mass is 9.74. The molecule has 1 saturated heterocycles. The van der Waals surface area contributed by atoms with Gasteiger partial charge in [0.15, 0.2) is 0 Å². The van der Waals surface area contributed by atoms with E-state index in [1.165, 1.54) is 70.9 Å². The summed E-state index contributed by atoms with van der Waals surface area (Å²) >= 11 is 0. The van der Waals surface area contributed by atoms with Crippen molar-refractivity contribution in [1.29, 1.82) is 0 Å². The van der Waals surface area contributed by atoms with Crippen molar-refractivity contribution in [3.8, 4) is 16.8 Å². The number of rotatable bonds is 3. The summed E-state index contributed by atoms with van der Waals surface area (Å²) in [5, 5.41) is 9.89. The lowest BCUT2D eigenvalue weighted by Crippen LogP contribution is -2.35. The van der Waals surface area contributed by atoms with Crippen LogP contribution in [0.3, 0.4) is 0 Å². The van der Waals surface area contributed by atoms with Crippen molar-refractivity contribution >= 4 is 66.7 Å². The van der Waals surface area contributed by atoms with E-state index >= 15 is 0 Å². The third-order valence-electron chi connectivity index (χ3n) is 9.88. The number of nitrogens with zero attached hydrogens (tertiary/aromatic N) is 1. The molecule has 8 aromatic rings. The highest BCUT2D eigenvalue weighted by Gasteiger charge is 2.44. The van der Waals surface area contributed by atoms with Crippen LogP contribution < -0.4 is 5.46 Å². The van der Waals surface area contributed by atoms with Crippen LogP contribution >= 0.6 is 0 Å². The van der Waals surface area contributed by atoms with Crippen molar-refractivity contribution in [3.63, 3.8) is 0 Å². The lowest BCUT2D eigenvalue weighted by molar-refractivity contribution is 0.0842. The molecule has 9 rings (SSSR count). The van der Waals surface area contributed by atoms with Gasteiger partial charge in [0.05, 0.1) is 22.7 Å². The minimum absolute atomic E-state index is 0.00108. The normalized spacial score (nSPS) is 16.5. The molecule has 45 heavy (non-hydrogen) atoms. The molecule has 1 unspecified atom stereocenters. The topological polar surface area (TPSA) is 23.4 Å². The van der Waals surface area contributed by atoms with Crippen LogP contribution in [0.25, 0.3) is 70.9 Å². The molecule has 1 aliphatic heterocycles. The molecule has 0 bridgehead atoms. The maximum atomic E-state index is 6.49. The molecule has 216 valence electrons. The Hall–Kier alpha value is -4.90. The third kappa shape index (κ3) is 3.99. The Morgan fingerprint density at radius 2 is 1.16 bits per heavy atom. The highest BCUT2D eigenvalue weighted by Crippen LogP contribution is 2.39. The van der Waals surface area contributed by atoms with Crippen LogP contribution in [-0.4, -0.2) is 23.4 Å². The summed E-state index contributed by atoms with van der Waals surface area (Å²) in [7, 11) is -0.410. The molecule has 0 aliphatic carbocycles. The predicted molar refractivity (Wildman–Crippen MR) is 190 cm³/mol. The zero-order valence-corrected chi connectivity index (χ0v) is 25.6. The molecule has 0 spiro atoms. The molecule has 1 fully saturated rings. The van der Waals surface area contributed by atoms with E-state index in [0.717, 1.165) is 5.46 Å². The highest BCUT2D eigenvalue weighted by molar-refractivity contribution is 6.66. The van der Waals surface area contributed by atoms with Crippen LogP contribution in [-0.2, 0) is 9.31 Å². The summed E-state index contributed by atoms with van der Waals surface area (Å²) < 4.78 is 15.3. The van der Waals surface area contributed by atoms with Gasteiger partial charge in [-0.25, -0.2) is 0 Å². The summed E-state index contributed by atoms with van der Waals surface area (Å²) in [6.07, 6.45) is -0.00108. The number of benzene rings is 7. The van der Waals surface area contributed by atoms with Gasteiger partial charge in [0.2, 0.25) is 0 Å². The van der Waals surface area contributed by atoms with Crippen molar-refractivity contribution in [2.24, 2.45) is 0 Å². The van der Waals surface area contributed by atoms with Crippen LogP contribution in [0.2, 0.25) is 0 Å². The Balaban J connectivity index is 1.28. The molecule has 0 amide bonds. The quantitative estimate of drug-likeness (QED) is 0.153. The number of fused-ring (bicyclic) bond motifs is 9. The van der Waals surface area contributed by atoms with Gasteiger partial charge in [-0.15, -0.1) is 0 Å². The summed E-state index contributed by atoms with van der Waals surface area (Å²) in [6, 6.07) is 48.5. The van der Waals surface area contributed by atoms with E-state index < -0.39 is 7.12 Å². The van der Waals surface area contributed by atoms with Gasteiger partial charge in [-0.1, -0.05) is 97.1 Å². The Labute approximate surface area is 262 Å². The zero-order chi connectivity index (χ0) is 30.3. The van der Waals surface area contributed by atoms with E-state index in [1.54, 1.807) is 0 Å². The fourth-order valence-corrected chi connectivity index (χ4v) is 7.30. The molecule has 3 nitrogen and oxygen atoms in total. The number of para-hydroxylation sites is 2. The molecule has 0 N–H and O–H groups in total. The van der Waals surface area contributed by atoms with Crippen LogP contribution in [0.5, 0.6) is 0 Å². The van der Waals surface area contributed by atoms with Crippen molar-refractivity contribution in [2.45, 2.75) is 32.5 Å². The average molecular weight is 582 g/mol. The Bertz CT molecular complexity index is 2440. The van der Waals surface area contributed by atoms with E-state index in [1.807, 2.05) is 0 Å². The molecular formula is C41H32BNO2. The van der Waals surface area contributed by atoms with E-state index in [-0.39, 0.29) is 11.7 Å². The Morgan fingerprint density at radius 3 is 1.91 bits per heavy atom. The molecule has 4 heteroatoms. The second-order valence-electron chi connectivity index (χ2n) is 12.8. The smallest absolute Gasteiger partial charge is 0.402 e. The first kappa shape index (κ1) is 26.5. The molecule has 1 atom stereocenters. The van der Waals surface area contributed by atoms with E-state index in [9.17, 15) is 0 Å². The Morgan fingerprint density at radius 1 is 0.556 bits per heavy atom. The summed E-state index contributed by atoms with van der Waals surface area (Å²) in [5.41, 5.74) is 6.74. The predicted octanol–water partition coefficient (Wildman–Crippen LogP) is 9.82. The van der Waals surface area contributed by atoms with Crippen LogP contribution in [0.4, 0.5) is 0 Å². The molecule has 1 aromatic heterocycles. The van der Waals surface area contributed by atoms with Gasteiger partial charge in [-0.3, -0.25) is 0 Å². The van der Waals surface area contributed by atoms with Crippen LogP contribution in [0.1, 0.15) is 20.8 Å². The van der Waals surface area contributed by atoms with Gasteiger partial charge in [-0.2, -0.15) is 0 Å². The van der Waals surface area contributed by atoms with Crippen LogP contribution in [0, 0.1) is 0 Å². The van der Waals surface area contributed by atoms with E-state index in [0.29, 0.717) is 0 Å². The van der Waals surface area contributed by atoms with Crippen molar-refractivity contribution < 1.29 is 9.31 Å². The molecular weight excluding hydrogens is 549 g/mol. The minimum Gasteiger partial charge on any atom is -0.402 e. The fourth-order valence-electron chi connectivity index (χ4n) is 7.30. The van der Waals surface area contributed by atoms with Gasteiger partial charge >= 0.3 is 7.12 Å². The monoisotopic (exact) mass is 581 g/mol. The zero-order valence-electron chi connectivity index (χ0n) is 25.6.